The number of aliphatic carboxylic acids is 3. The Labute approximate surface area is 118 Å². The summed E-state index contributed by atoms with van der Waals surface area (Å²) < 4.78 is 0. The molecule has 3 N–H and O–H groups in total. The quantitative estimate of drug-likeness (QED) is 0.547. The van der Waals surface area contributed by atoms with Crippen molar-refractivity contribution in [2.24, 2.45) is 5.41 Å². The highest BCUT2D eigenvalue weighted by molar-refractivity contribution is 6.14. The fourth-order valence-electron chi connectivity index (χ4n) is 2.57. The van der Waals surface area contributed by atoms with Crippen LogP contribution in [-0.2, 0) is 19.2 Å². The largest absolute Gasteiger partial charge is 0.481 e. The van der Waals surface area contributed by atoms with Crippen molar-refractivity contribution in [3.05, 3.63) is 41.0 Å². The molecule has 0 aromatic heterocycles. The molecule has 2 atom stereocenters. The number of carboxylic acid groups (broad SMARTS) is 3. The molecule has 21 heavy (non-hydrogen) atoms. The third kappa shape index (κ3) is 1.90. The number of hydrogen-bond acceptors (Lipinski definition) is 4. The van der Waals surface area contributed by atoms with Gasteiger partial charge in [0.25, 0.3) is 0 Å². The Morgan fingerprint density at radius 3 is 2.19 bits per heavy atom. The minimum absolute atomic E-state index is 0.0875. The minimum Gasteiger partial charge on any atom is -0.481 e. The Morgan fingerprint density at radius 1 is 1.10 bits per heavy atom. The van der Waals surface area contributed by atoms with Crippen LogP contribution >= 0.6 is 0 Å². The first kappa shape index (κ1) is 14.4. The molecule has 0 bridgehead atoms. The van der Waals surface area contributed by atoms with E-state index in [0.29, 0.717) is 0 Å². The molecule has 0 aliphatic heterocycles. The van der Waals surface area contributed by atoms with E-state index in [1.165, 1.54) is 18.2 Å². The molecule has 0 spiro atoms. The van der Waals surface area contributed by atoms with Crippen molar-refractivity contribution in [1.29, 1.82) is 0 Å². The zero-order chi connectivity index (χ0) is 15.8. The van der Waals surface area contributed by atoms with Crippen molar-refractivity contribution < 1.29 is 34.5 Å². The summed E-state index contributed by atoms with van der Waals surface area (Å²) >= 11 is 0. The van der Waals surface area contributed by atoms with E-state index in [9.17, 15) is 34.5 Å². The van der Waals surface area contributed by atoms with E-state index in [-0.39, 0.29) is 17.4 Å². The molecule has 0 heterocycles. The number of carbonyl (C=O) groups is 4. The first-order valence-corrected chi connectivity index (χ1v) is 5.83. The lowest BCUT2D eigenvalue weighted by Crippen LogP contribution is -2.47. The maximum atomic E-state index is 11.5. The van der Waals surface area contributed by atoms with Crippen LogP contribution in [-0.4, -0.2) is 39.5 Å². The Morgan fingerprint density at radius 2 is 1.71 bits per heavy atom. The summed E-state index contributed by atoms with van der Waals surface area (Å²) in [5.41, 5.74) is -3.08. The summed E-state index contributed by atoms with van der Waals surface area (Å²) in [6, 6.07) is 5.88. The average molecular weight is 290 g/mol. The van der Waals surface area contributed by atoms with Crippen molar-refractivity contribution in [1.82, 2.24) is 0 Å². The van der Waals surface area contributed by atoms with Crippen LogP contribution in [0, 0.1) is 5.41 Å². The predicted molar refractivity (Wildman–Crippen MR) is 68.6 cm³/mol. The lowest BCUT2D eigenvalue weighted by Gasteiger charge is -2.34. The third-order valence-electron chi connectivity index (χ3n) is 3.53. The summed E-state index contributed by atoms with van der Waals surface area (Å²) in [4.78, 5) is 45.8. The van der Waals surface area contributed by atoms with Gasteiger partial charge in [-0.15, -0.1) is 0 Å². The van der Waals surface area contributed by atoms with Crippen LogP contribution in [0.1, 0.15) is 17.0 Å². The van der Waals surface area contributed by atoms with Crippen molar-refractivity contribution >= 4 is 30.3 Å². The lowest BCUT2D eigenvalue weighted by molar-refractivity contribution is -0.159. The van der Waals surface area contributed by atoms with Crippen LogP contribution in [0.5, 0.6) is 0 Å². The van der Waals surface area contributed by atoms with Crippen LogP contribution in [0.25, 0.3) is 6.08 Å². The molecule has 0 fully saturated rings. The highest BCUT2D eigenvalue weighted by atomic mass is 16.4. The van der Waals surface area contributed by atoms with Gasteiger partial charge in [-0.2, -0.15) is 0 Å². The smallest absolute Gasteiger partial charge is 0.333 e. The maximum absolute atomic E-state index is 11.5. The molecule has 1 aromatic carbocycles. The fraction of sp³-hybridized carbons (Fsp3) is 0.143. The van der Waals surface area contributed by atoms with Gasteiger partial charge in [0.05, 0.1) is 5.57 Å². The summed E-state index contributed by atoms with van der Waals surface area (Å²) in [5.74, 6) is -6.85. The number of rotatable bonds is 4. The minimum atomic E-state index is -2.66. The first-order valence-electron chi connectivity index (χ1n) is 5.83. The van der Waals surface area contributed by atoms with Crippen molar-refractivity contribution in [3.63, 3.8) is 0 Å². The monoisotopic (exact) mass is 290 g/mol. The van der Waals surface area contributed by atoms with E-state index in [1.807, 2.05) is 0 Å². The third-order valence-corrected chi connectivity index (χ3v) is 3.53. The molecule has 0 saturated heterocycles. The molecular weight excluding hydrogens is 280 g/mol. The van der Waals surface area contributed by atoms with Gasteiger partial charge in [0.2, 0.25) is 0 Å². The second-order valence-corrected chi connectivity index (χ2v) is 4.56. The summed E-state index contributed by atoms with van der Waals surface area (Å²) in [6.45, 7) is 0. The second-order valence-electron chi connectivity index (χ2n) is 4.56. The molecule has 0 amide bonds. The van der Waals surface area contributed by atoms with Crippen LogP contribution in [0.2, 0.25) is 0 Å². The highest BCUT2D eigenvalue weighted by Gasteiger charge is 2.58. The fourth-order valence-corrected chi connectivity index (χ4v) is 2.57. The van der Waals surface area contributed by atoms with Gasteiger partial charge >= 0.3 is 17.9 Å². The van der Waals surface area contributed by atoms with Crippen LogP contribution in [0.15, 0.2) is 29.8 Å². The Balaban J connectivity index is 2.90. The number of benzene rings is 1. The predicted octanol–water partition coefficient (Wildman–Crippen LogP) is 0.606. The summed E-state index contributed by atoms with van der Waals surface area (Å²) in [6.07, 6.45) is 0.906. The van der Waals surface area contributed by atoms with Gasteiger partial charge in [0, 0.05) is 0 Å². The molecule has 2 rings (SSSR count). The van der Waals surface area contributed by atoms with Gasteiger partial charge in [0.1, 0.15) is 12.2 Å². The van der Waals surface area contributed by atoms with E-state index in [4.69, 9.17) is 0 Å². The lowest BCUT2D eigenvalue weighted by atomic mass is 9.63. The average Bonchev–Trinajstić information content (AvgIpc) is 2.44. The number of carbonyl (C=O) groups excluding carboxylic acids is 1. The number of hydrogen-bond donors (Lipinski definition) is 3. The molecule has 7 heteroatoms. The first-order chi connectivity index (χ1) is 9.86. The van der Waals surface area contributed by atoms with Gasteiger partial charge in [-0.3, -0.25) is 9.59 Å². The van der Waals surface area contributed by atoms with Crippen molar-refractivity contribution in [2.45, 2.75) is 5.92 Å². The Bertz CT molecular complexity index is 688. The van der Waals surface area contributed by atoms with E-state index in [2.05, 4.69) is 0 Å². The normalized spacial score (nSPS) is 23.6. The van der Waals surface area contributed by atoms with Crippen LogP contribution < -0.4 is 0 Å². The van der Waals surface area contributed by atoms with Gasteiger partial charge < -0.3 is 20.1 Å². The van der Waals surface area contributed by atoms with Gasteiger partial charge in [-0.05, 0) is 17.2 Å². The van der Waals surface area contributed by atoms with Crippen LogP contribution in [0.3, 0.4) is 0 Å². The molecule has 1 aliphatic rings. The zero-order valence-corrected chi connectivity index (χ0v) is 10.5. The molecular formula is C14H10O7. The maximum Gasteiger partial charge on any atom is 0.333 e. The van der Waals surface area contributed by atoms with E-state index >= 15 is 0 Å². The number of fused-ring (bicyclic) bond motifs is 1. The molecule has 1 aliphatic carbocycles. The van der Waals surface area contributed by atoms with Gasteiger partial charge in [0.15, 0.2) is 5.41 Å². The van der Waals surface area contributed by atoms with E-state index in [0.717, 1.165) is 6.08 Å². The van der Waals surface area contributed by atoms with E-state index < -0.39 is 34.8 Å². The van der Waals surface area contributed by atoms with E-state index in [1.54, 1.807) is 6.07 Å². The molecule has 0 radical (unpaired) electrons. The summed E-state index contributed by atoms with van der Waals surface area (Å²) in [7, 11) is 0. The highest BCUT2D eigenvalue weighted by Crippen LogP contribution is 2.47. The zero-order valence-electron chi connectivity index (χ0n) is 10.5. The number of aldehydes is 1. The molecule has 0 saturated carbocycles. The topological polar surface area (TPSA) is 129 Å². The molecule has 7 nitrogen and oxygen atoms in total. The Kier molecular flexibility index (Phi) is 3.34. The SMILES string of the molecule is O=CC1(C(=O)O)C(C(=O)O)=Cc2ccccc2C1C(=O)O. The van der Waals surface area contributed by atoms with Gasteiger partial charge in [-0.1, -0.05) is 24.3 Å². The van der Waals surface area contributed by atoms with Gasteiger partial charge in [-0.25, -0.2) is 4.79 Å². The van der Waals surface area contributed by atoms with Crippen molar-refractivity contribution in [3.8, 4) is 0 Å². The summed E-state index contributed by atoms with van der Waals surface area (Å²) in [5, 5.41) is 27.9. The second kappa shape index (κ2) is 4.86. The van der Waals surface area contributed by atoms with Crippen LogP contribution in [0.4, 0.5) is 0 Å². The standard InChI is InChI=1S/C14H10O7/c15-6-14(13(20)21)9(11(16)17)5-7-3-1-2-4-8(7)10(14)12(18)19/h1-6,10H,(H,16,17)(H,18,19)(H,20,21). The number of carboxylic acids is 3. The Hall–Kier alpha value is -2.96. The molecule has 1 aromatic rings. The van der Waals surface area contributed by atoms with Crippen molar-refractivity contribution in [2.75, 3.05) is 0 Å². The molecule has 2 unspecified atom stereocenters. The molecule has 108 valence electrons.